The summed E-state index contributed by atoms with van der Waals surface area (Å²) in [4.78, 5) is 0. The standard InChI is InChI=1S/C15H26N2O2/c1-12(5-6-15-4-3-8-19-15)17-13(2)10-14-11-18-9-7-16-14/h3-4,8,12-14,16-17H,5-7,9-11H2,1-2H3. The smallest absolute Gasteiger partial charge is 0.103 e. The van der Waals surface area contributed by atoms with Crippen LogP contribution in [-0.4, -0.2) is 37.9 Å². The first-order valence-corrected chi connectivity index (χ1v) is 7.33. The lowest BCUT2D eigenvalue weighted by Gasteiger charge is -2.28. The minimum Gasteiger partial charge on any atom is -0.469 e. The number of hydrogen-bond donors (Lipinski definition) is 2. The Balaban J connectivity index is 1.62. The fourth-order valence-electron chi connectivity index (χ4n) is 2.65. The maximum absolute atomic E-state index is 5.48. The van der Waals surface area contributed by atoms with Crippen LogP contribution in [0.15, 0.2) is 22.8 Å². The van der Waals surface area contributed by atoms with Crippen LogP contribution in [0.5, 0.6) is 0 Å². The highest BCUT2D eigenvalue weighted by Crippen LogP contribution is 2.08. The molecule has 0 bridgehead atoms. The van der Waals surface area contributed by atoms with Crippen molar-refractivity contribution in [2.45, 2.75) is 51.2 Å². The lowest BCUT2D eigenvalue weighted by atomic mass is 10.1. The van der Waals surface area contributed by atoms with Crippen LogP contribution in [0.2, 0.25) is 0 Å². The number of hydrogen-bond acceptors (Lipinski definition) is 4. The Labute approximate surface area is 115 Å². The molecule has 1 aliphatic heterocycles. The van der Waals surface area contributed by atoms with Crippen LogP contribution >= 0.6 is 0 Å². The third-order valence-electron chi connectivity index (χ3n) is 3.61. The molecule has 2 rings (SSSR count). The second kappa shape index (κ2) is 7.68. The molecule has 0 aliphatic carbocycles. The molecule has 0 spiro atoms. The molecule has 1 aromatic rings. The summed E-state index contributed by atoms with van der Waals surface area (Å²) in [6, 6.07) is 5.49. The van der Waals surface area contributed by atoms with E-state index in [1.54, 1.807) is 6.26 Å². The van der Waals surface area contributed by atoms with Gasteiger partial charge in [-0.05, 0) is 38.8 Å². The maximum Gasteiger partial charge on any atom is 0.103 e. The van der Waals surface area contributed by atoms with E-state index in [0.717, 1.165) is 44.8 Å². The van der Waals surface area contributed by atoms with E-state index < -0.39 is 0 Å². The highest BCUT2D eigenvalue weighted by Gasteiger charge is 2.17. The van der Waals surface area contributed by atoms with E-state index in [-0.39, 0.29) is 0 Å². The fourth-order valence-corrected chi connectivity index (χ4v) is 2.65. The molecule has 1 fully saturated rings. The summed E-state index contributed by atoms with van der Waals surface area (Å²) in [7, 11) is 0. The van der Waals surface area contributed by atoms with Crippen molar-refractivity contribution < 1.29 is 9.15 Å². The van der Waals surface area contributed by atoms with Gasteiger partial charge in [0.05, 0.1) is 19.5 Å². The van der Waals surface area contributed by atoms with Gasteiger partial charge in [-0.3, -0.25) is 0 Å². The summed E-state index contributed by atoms with van der Waals surface area (Å²) in [6.07, 6.45) is 4.96. The van der Waals surface area contributed by atoms with Crippen LogP contribution in [0.4, 0.5) is 0 Å². The van der Waals surface area contributed by atoms with Crippen molar-refractivity contribution in [1.29, 1.82) is 0 Å². The molecule has 3 atom stereocenters. The lowest BCUT2D eigenvalue weighted by molar-refractivity contribution is 0.0708. The number of aryl methyl sites for hydroxylation is 1. The molecule has 4 nitrogen and oxygen atoms in total. The van der Waals surface area contributed by atoms with Crippen LogP contribution < -0.4 is 10.6 Å². The Hall–Kier alpha value is -0.840. The SMILES string of the molecule is CC(CCc1ccco1)NC(C)CC1COCCN1. The van der Waals surface area contributed by atoms with E-state index in [1.165, 1.54) is 0 Å². The largest absolute Gasteiger partial charge is 0.469 e. The van der Waals surface area contributed by atoms with E-state index in [1.807, 2.05) is 12.1 Å². The van der Waals surface area contributed by atoms with Gasteiger partial charge in [0, 0.05) is 31.1 Å². The normalized spacial score (nSPS) is 23.2. The summed E-state index contributed by atoms with van der Waals surface area (Å²) in [6.45, 7) is 7.15. The molecular weight excluding hydrogens is 240 g/mol. The molecule has 0 saturated carbocycles. The summed E-state index contributed by atoms with van der Waals surface area (Å²) in [5.74, 6) is 1.07. The van der Waals surface area contributed by atoms with Gasteiger partial charge >= 0.3 is 0 Å². The molecule has 1 aromatic heterocycles. The first-order chi connectivity index (χ1) is 9.24. The minimum atomic E-state index is 0.494. The molecule has 19 heavy (non-hydrogen) atoms. The van der Waals surface area contributed by atoms with Crippen LogP contribution in [0.1, 0.15) is 32.4 Å². The van der Waals surface area contributed by atoms with E-state index in [2.05, 4.69) is 24.5 Å². The molecular formula is C15H26N2O2. The van der Waals surface area contributed by atoms with E-state index in [0.29, 0.717) is 18.1 Å². The van der Waals surface area contributed by atoms with Crippen LogP contribution in [0, 0.1) is 0 Å². The van der Waals surface area contributed by atoms with Crippen LogP contribution in [0.3, 0.4) is 0 Å². The summed E-state index contributed by atoms with van der Waals surface area (Å²) < 4.78 is 10.8. The van der Waals surface area contributed by atoms with Gasteiger partial charge < -0.3 is 19.8 Å². The molecule has 1 aliphatic rings. The average molecular weight is 266 g/mol. The number of rotatable bonds is 7. The maximum atomic E-state index is 5.48. The van der Waals surface area contributed by atoms with Crippen molar-refractivity contribution in [2.24, 2.45) is 0 Å². The van der Waals surface area contributed by atoms with E-state index >= 15 is 0 Å². The van der Waals surface area contributed by atoms with Crippen molar-refractivity contribution in [3.8, 4) is 0 Å². The number of morpholine rings is 1. The second-order valence-corrected chi connectivity index (χ2v) is 5.55. The summed E-state index contributed by atoms with van der Waals surface area (Å²) in [5, 5.41) is 7.15. The zero-order chi connectivity index (χ0) is 13.5. The van der Waals surface area contributed by atoms with Gasteiger partial charge in [0.15, 0.2) is 0 Å². The Morgan fingerprint density at radius 1 is 1.42 bits per heavy atom. The number of furan rings is 1. The lowest BCUT2D eigenvalue weighted by Crippen LogP contribution is -2.46. The van der Waals surface area contributed by atoms with Crippen molar-refractivity contribution in [1.82, 2.24) is 10.6 Å². The van der Waals surface area contributed by atoms with Gasteiger partial charge in [-0.25, -0.2) is 0 Å². The molecule has 2 N–H and O–H groups in total. The van der Waals surface area contributed by atoms with Gasteiger partial charge in [-0.2, -0.15) is 0 Å². The Bertz CT molecular complexity index is 334. The first kappa shape index (κ1) is 14.6. The quantitative estimate of drug-likeness (QED) is 0.792. The molecule has 0 amide bonds. The fraction of sp³-hybridized carbons (Fsp3) is 0.733. The van der Waals surface area contributed by atoms with Crippen molar-refractivity contribution in [3.63, 3.8) is 0 Å². The zero-order valence-corrected chi connectivity index (χ0v) is 12.0. The minimum absolute atomic E-state index is 0.494. The molecule has 108 valence electrons. The Morgan fingerprint density at radius 2 is 2.32 bits per heavy atom. The molecule has 0 aromatic carbocycles. The monoisotopic (exact) mass is 266 g/mol. The van der Waals surface area contributed by atoms with Gasteiger partial charge in [0.2, 0.25) is 0 Å². The number of ether oxygens (including phenoxy) is 1. The predicted octanol–water partition coefficient (Wildman–Crippen LogP) is 1.96. The molecule has 3 unspecified atom stereocenters. The molecule has 2 heterocycles. The second-order valence-electron chi connectivity index (χ2n) is 5.55. The van der Waals surface area contributed by atoms with Gasteiger partial charge in [0.25, 0.3) is 0 Å². The summed E-state index contributed by atoms with van der Waals surface area (Å²) in [5.41, 5.74) is 0. The van der Waals surface area contributed by atoms with Crippen LogP contribution in [-0.2, 0) is 11.2 Å². The third-order valence-corrected chi connectivity index (χ3v) is 3.61. The predicted molar refractivity (Wildman–Crippen MR) is 76.3 cm³/mol. The van der Waals surface area contributed by atoms with Crippen molar-refractivity contribution in [3.05, 3.63) is 24.2 Å². The Kier molecular flexibility index (Phi) is 5.89. The topological polar surface area (TPSA) is 46.4 Å². The average Bonchev–Trinajstić information content (AvgIpc) is 2.90. The third kappa shape index (κ3) is 5.35. The zero-order valence-electron chi connectivity index (χ0n) is 12.0. The van der Waals surface area contributed by atoms with Gasteiger partial charge in [-0.15, -0.1) is 0 Å². The summed E-state index contributed by atoms with van der Waals surface area (Å²) >= 11 is 0. The van der Waals surface area contributed by atoms with Gasteiger partial charge in [0.1, 0.15) is 5.76 Å². The van der Waals surface area contributed by atoms with Gasteiger partial charge in [-0.1, -0.05) is 0 Å². The highest BCUT2D eigenvalue weighted by atomic mass is 16.5. The van der Waals surface area contributed by atoms with Crippen molar-refractivity contribution in [2.75, 3.05) is 19.8 Å². The molecule has 1 saturated heterocycles. The molecule has 4 heteroatoms. The Morgan fingerprint density at radius 3 is 3.00 bits per heavy atom. The van der Waals surface area contributed by atoms with Crippen LogP contribution in [0.25, 0.3) is 0 Å². The number of nitrogens with one attached hydrogen (secondary N) is 2. The van der Waals surface area contributed by atoms with E-state index in [9.17, 15) is 0 Å². The van der Waals surface area contributed by atoms with E-state index in [4.69, 9.17) is 9.15 Å². The van der Waals surface area contributed by atoms with Crippen molar-refractivity contribution >= 4 is 0 Å². The highest BCUT2D eigenvalue weighted by molar-refractivity contribution is 4.98. The first-order valence-electron chi connectivity index (χ1n) is 7.33. The molecule has 0 radical (unpaired) electrons.